The maximum Gasteiger partial charge on any atom is 0.337 e. The summed E-state index contributed by atoms with van der Waals surface area (Å²) in [4.78, 5) is 26.1. The number of carbonyl (C=O) groups is 2. The van der Waals surface area contributed by atoms with Gasteiger partial charge in [0.2, 0.25) is 5.95 Å². The van der Waals surface area contributed by atoms with E-state index < -0.39 is 23.6 Å². The van der Waals surface area contributed by atoms with Crippen LogP contribution in [0, 0.1) is 11.8 Å². The van der Waals surface area contributed by atoms with Crippen molar-refractivity contribution in [2.75, 3.05) is 5.32 Å². The van der Waals surface area contributed by atoms with E-state index in [-0.39, 0.29) is 16.8 Å². The average molecular weight is 278 g/mol. The van der Waals surface area contributed by atoms with Crippen LogP contribution in [0.1, 0.15) is 20.7 Å². The lowest BCUT2D eigenvalue weighted by Gasteiger charge is -2.08. The molecule has 1 aromatic carbocycles. The summed E-state index contributed by atoms with van der Waals surface area (Å²) >= 11 is 0. The second-order valence-electron chi connectivity index (χ2n) is 3.82. The normalized spacial score (nSPS) is 10.1. The second-order valence-corrected chi connectivity index (χ2v) is 3.82. The van der Waals surface area contributed by atoms with Crippen LogP contribution < -0.4 is 5.32 Å². The van der Waals surface area contributed by atoms with E-state index in [0.29, 0.717) is 0 Å². The predicted octanol–water partition coefficient (Wildman–Crippen LogP) is 2.31. The van der Waals surface area contributed by atoms with Gasteiger partial charge in [-0.05, 0) is 30.3 Å². The molecule has 0 radical (unpaired) electrons. The van der Waals surface area contributed by atoms with E-state index in [4.69, 9.17) is 5.11 Å². The van der Waals surface area contributed by atoms with Crippen LogP contribution in [0.25, 0.3) is 0 Å². The molecule has 2 aromatic rings. The maximum absolute atomic E-state index is 13.1. The number of rotatable bonds is 3. The molecule has 1 amide bonds. The van der Waals surface area contributed by atoms with Gasteiger partial charge in [0.05, 0.1) is 16.8 Å². The quantitative estimate of drug-likeness (QED) is 0.844. The van der Waals surface area contributed by atoms with Crippen LogP contribution >= 0.6 is 0 Å². The van der Waals surface area contributed by atoms with Gasteiger partial charge in [0, 0.05) is 6.20 Å². The van der Waals surface area contributed by atoms with Crippen molar-refractivity contribution in [3.8, 4) is 0 Å². The molecule has 0 bridgehead atoms. The number of anilines is 1. The van der Waals surface area contributed by atoms with Crippen molar-refractivity contribution in [1.29, 1.82) is 0 Å². The second kappa shape index (κ2) is 5.43. The lowest BCUT2D eigenvalue weighted by atomic mass is 10.1. The van der Waals surface area contributed by atoms with Crippen LogP contribution in [0.4, 0.5) is 14.5 Å². The summed E-state index contributed by atoms with van der Waals surface area (Å²) in [5, 5.41) is 11.2. The largest absolute Gasteiger partial charge is 0.478 e. The molecule has 0 fully saturated rings. The molecule has 0 saturated heterocycles. The van der Waals surface area contributed by atoms with Gasteiger partial charge in [0.15, 0.2) is 0 Å². The molecule has 0 aliphatic heterocycles. The standard InChI is InChI=1S/C13H8F2N2O3/c14-8-2-3-9(13(19)20)10(5-8)17-12(18)7-1-4-11(15)16-6-7/h1-6H,(H,17,18)(H,19,20). The van der Waals surface area contributed by atoms with Gasteiger partial charge >= 0.3 is 5.97 Å². The van der Waals surface area contributed by atoms with Gasteiger partial charge in [-0.2, -0.15) is 4.39 Å². The molecule has 0 spiro atoms. The summed E-state index contributed by atoms with van der Waals surface area (Å²) in [7, 11) is 0. The maximum atomic E-state index is 13.1. The van der Waals surface area contributed by atoms with Crippen molar-refractivity contribution < 1.29 is 23.5 Å². The van der Waals surface area contributed by atoms with Crippen molar-refractivity contribution in [2.45, 2.75) is 0 Å². The van der Waals surface area contributed by atoms with E-state index in [2.05, 4.69) is 10.3 Å². The Morgan fingerprint density at radius 3 is 2.50 bits per heavy atom. The zero-order chi connectivity index (χ0) is 14.7. The van der Waals surface area contributed by atoms with Crippen LogP contribution in [0.15, 0.2) is 36.5 Å². The van der Waals surface area contributed by atoms with Crippen LogP contribution in [0.3, 0.4) is 0 Å². The fourth-order valence-electron chi connectivity index (χ4n) is 1.51. The molecule has 0 aliphatic rings. The lowest BCUT2D eigenvalue weighted by Crippen LogP contribution is -2.15. The number of aromatic carboxylic acids is 1. The van der Waals surface area contributed by atoms with Crippen molar-refractivity contribution in [3.63, 3.8) is 0 Å². The number of carboxylic acids is 1. The Morgan fingerprint density at radius 2 is 1.90 bits per heavy atom. The van der Waals surface area contributed by atoms with Gasteiger partial charge in [-0.3, -0.25) is 4.79 Å². The molecule has 1 aromatic heterocycles. The molecule has 1 heterocycles. The van der Waals surface area contributed by atoms with Gasteiger partial charge in [-0.25, -0.2) is 14.2 Å². The summed E-state index contributed by atoms with van der Waals surface area (Å²) in [6.45, 7) is 0. The molecular formula is C13H8F2N2O3. The Labute approximate surface area is 111 Å². The van der Waals surface area contributed by atoms with Crippen LogP contribution in [0.2, 0.25) is 0 Å². The Balaban J connectivity index is 2.29. The van der Waals surface area contributed by atoms with Gasteiger partial charge in [-0.15, -0.1) is 0 Å². The Kier molecular flexibility index (Phi) is 3.69. The summed E-state index contributed by atoms with van der Waals surface area (Å²) < 4.78 is 25.7. The van der Waals surface area contributed by atoms with Crippen LogP contribution in [-0.2, 0) is 0 Å². The third-order valence-corrected chi connectivity index (χ3v) is 2.45. The highest BCUT2D eigenvalue weighted by atomic mass is 19.1. The van der Waals surface area contributed by atoms with E-state index in [9.17, 15) is 18.4 Å². The summed E-state index contributed by atoms with van der Waals surface area (Å²) in [6.07, 6.45) is 0.990. The minimum absolute atomic E-state index is 0.0204. The molecule has 0 atom stereocenters. The number of pyridine rings is 1. The van der Waals surface area contributed by atoms with Crippen LogP contribution in [0.5, 0.6) is 0 Å². The predicted molar refractivity (Wildman–Crippen MR) is 65.5 cm³/mol. The highest BCUT2D eigenvalue weighted by Gasteiger charge is 2.14. The zero-order valence-corrected chi connectivity index (χ0v) is 9.93. The topological polar surface area (TPSA) is 79.3 Å². The number of nitrogens with zero attached hydrogens (tertiary/aromatic N) is 1. The molecule has 0 unspecified atom stereocenters. The van der Waals surface area contributed by atoms with Gasteiger partial charge in [0.25, 0.3) is 5.91 Å². The minimum atomic E-state index is -1.31. The first-order chi connectivity index (χ1) is 9.47. The SMILES string of the molecule is O=C(Nc1cc(F)ccc1C(=O)O)c1ccc(F)nc1. The number of halogens is 2. The molecule has 2 N–H and O–H groups in total. The number of amides is 1. The monoisotopic (exact) mass is 278 g/mol. The number of benzene rings is 1. The molecule has 0 aliphatic carbocycles. The molecule has 7 heteroatoms. The first-order valence-corrected chi connectivity index (χ1v) is 5.43. The number of carbonyl (C=O) groups excluding carboxylic acids is 1. The van der Waals surface area contributed by atoms with Gasteiger partial charge in [0.1, 0.15) is 5.82 Å². The summed E-state index contributed by atoms with van der Waals surface area (Å²) in [6, 6.07) is 5.06. The Bertz CT molecular complexity index is 672. The number of carboxylic acid groups (broad SMARTS) is 1. The third kappa shape index (κ3) is 2.94. The van der Waals surface area contributed by atoms with Gasteiger partial charge in [-0.1, -0.05) is 0 Å². The molecular weight excluding hydrogens is 270 g/mol. The van der Waals surface area contributed by atoms with E-state index in [1.807, 2.05) is 0 Å². The molecule has 5 nitrogen and oxygen atoms in total. The fourth-order valence-corrected chi connectivity index (χ4v) is 1.51. The first kappa shape index (κ1) is 13.6. The highest BCUT2D eigenvalue weighted by molar-refractivity contribution is 6.07. The van der Waals surface area contributed by atoms with Crippen molar-refractivity contribution in [2.24, 2.45) is 0 Å². The minimum Gasteiger partial charge on any atom is -0.478 e. The number of aromatic nitrogens is 1. The van der Waals surface area contributed by atoms with E-state index in [0.717, 1.165) is 30.5 Å². The van der Waals surface area contributed by atoms with E-state index in [1.54, 1.807) is 0 Å². The highest BCUT2D eigenvalue weighted by Crippen LogP contribution is 2.18. The van der Waals surface area contributed by atoms with Crippen molar-refractivity contribution in [1.82, 2.24) is 4.98 Å². The fraction of sp³-hybridized carbons (Fsp3) is 0. The number of nitrogens with one attached hydrogen (secondary N) is 1. The van der Waals surface area contributed by atoms with Crippen molar-refractivity contribution in [3.05, 3.63) is 59.4 Å². The molecule has 0 saturated carbocycles. The number of hydrogen-bond donors (Lipinski definition) is 2. The van der Waals surface area contributed by atoms with E-state index >= 15 is 0 Å². The summed E-state index contributed by atoms with van der Waals surface area (Å²) in [5.41, 5.74) is -0.423. The summed E-state index contributed by atoms with van der Waals surface area (Å²) in [5.74, 6) is -3.47. The average Bonchev–Trinajstić information content (AvgIpc) is 2.39. The smallest absolute Gasteiger partial charge is 0.337 e. The first-order valence-electron chi connectivity index (χ1n) is 5.43. The van der Waals surface area contributed by atoms with Crippen LogP contribution in [-0.4, -0.2) is 22.0 Å². The Morgan fingerprint density at radius 1 is 1.15 bits per heavy atom. The molecule has 102 valence electrons. The molecule has 20 heavy (non-hydrogen) atoms. The molecule has 2 rings (SSSR count). The Hall–Kier alpha value is -2.83. The van der Waals surface area contributed by atoms with Gasteiger partial charge < -0.3 is 10.4 Å². The lowest BCUT2D eigenvalue weighted by molar-refractivity contribution is 0.0698. The van der Waals surface area contributed by atoms with E-state index in [1.165, 1.54) is 6.07 Å². The number of hydrogen-bond acceptors (Lipinski definition) is 3. The third-order valence-electron chi connectivity index (χ3n) is 2.45. The zero-order valence-electron chi connectivity index (χ0n) is 9.93. The van der Waals surface area contributed by atoms with Crippen molar-refractivity contribution >= 4 is 17.6 Å².